The molecule has 2 aromatic rings. The molecule has 1 unspecified atom stereocenters. The lowest BCUT2D eigenvalue weighted by Gasteiger charge is -2.16. The number of nitrogens with two attached hydrogens (primary N) is 1. The first kappa shape index (κ1) is 13.3. The monoisotopic (exact) mass is 261 g/mol. The average molecular weight is 261 g/mol. The van der Waals surface area contributed by atoms with Crippen molar-refractivity contribution in [1.82, 2.24) is 19.5 Å². The van der Waals surface area contributed by atoms with Crippen molar-refractivity contribution in [2.24, 2.45) is 5.84 Å². The Morgan fingerprint density at radius 1 is 1.37 bits per heavy atom. The molecule has 102 valence electrons. The van der Waals surface area contributed by atoms with Crippen LogP contribution in [0, 0.1) is 0 Å². The van der Waals surface area contributed by atoms with Crippen molar-refractivity contribution >= 4 is 11.6 Å². The number of imidazole rings is 1. The summed E-state index contributed by atoms with van der Waals surface area (Å²) in [5.74, 6) is 7.55. The quantitative estimate of drug-likeness (QED) is 0.531. The largest absolute Gasteiger partial charge is 0.366 e. The molecule has 2 aromatic heterocycles. The second-order valence-corrected chi connectivity index (χ2v) is 4.36. The highest BCUT2D eigenvalue weighted by Crippen LogP contribution is 2.12. The molecule has 0 spiro atoms. The summed E-state index contributed by atoms with van der Waals surface area (Å²) >= 11 is 0. The van der Waals surface area contributed by atoms with Gasteiger partial charge >= 0.3 is 0 Å². The van der Waals surface area contributed by atoms with E-state index in [9.17, 15) is 0 Å². The second kappa shape index (κ2) is 6.14. The molecule has 19 heavy (non-hydrogen) atoms. The van der Waals surface area contributed by atoms with E-state index in [0.29, 0.717) is 5.82 Å². The molecule has 0 fully saturated rings. The van der Waals surface area contributed by atoms with E-state index in [-0.39, 0.29) is 6.04 Å². The molecule has 4 N–H and O–H groups in total. The number of aryl methyl sites for hydroxylation is 1. The maximum absolute atomic E-state index is 5.40. The van der Waals surface area contributed by atoms with Crippen molar-refractivity contribution in [3.8, 4) is 0 Å². The Hall–Kier alpha value is -2.15. The van der Waals surface area contributed by atoms with Gasteiger partial charge in [0.2, 0.25) is 0 Å². The minimum atomic E-state index is 0.222. The number of nitrogens with one attached hydrogen (secondary N) is 2. The minimum Gasteiger partial charge on any atom is -0.366 e. The third-order valence-corrected chi connectivity index (χ3v) is 2.67. The topological polar surface area (TPSA) is 93.7 Å². The van der Waals surface area contributed by atoms with Gasteiger partial charge in [-0.3, -0.25) is 0 Å². The first-order valence-corrected chi connectivity index (χ1v) is 6.28. The van der Waals surface area contributed by atoms with Crippen molar-refractivity contribution in [2.75, 3.05) is 10.7 Å². The summed E-state index contributed by atoms with van der Waals surface area (Å²) in [4.78, 5) is 12.7. The standard InChI is InChI=1S/C12H19N7/c1-3-10-16-11(6-12(17-10)18-13)15-9(2)7-19-5-4-14-8-19/h4-6,8-9H,3,7,13H2,1-2H3,(H2,15,16,17,18). The van der Waals surface area contributed by atoms with E-state index < -0.39 is 0 Å². The first-order valence-electron chi connectivity index (χ1n) is 6.28. The summed E-state index contributed by atoms with van der Waals surface area (Å²) in [6.07, 6.45) is 6.26. The van der Waals surface area contributed by atoms with Crippen LogP contribution < -0.4 is 16.6 Å². The van der Waals surface area contributed by atoms with Crippen LogP contribution in [0.3, 0.4) is 0 Å². The Morgan fingerprint density at radius 2 is 2.16 bits per heavy atom. The van der Waals surface area contributed by atoms with Gasteiger partial charge in [-0.05, 0) is 6.92 Å². The highest BCUT2D eigenvalue weighted by Gasteiger charge is 2.07. The number of hydrogen-bond acceptors (Lipinski definition) is 6. The Labute approximate surface area is 112 Å². The molecule has 0 saturated carbocycles. The first-order chi connectivity index (χ1) is 9.21. The highest BCUT2D eigenvalue weighted by molar-refractivity contribution is 5.47. The predicted octanol–water partition coefficient (Wildman–Crippen LogP) is 1.02. The summed E-state index contributed by atoms with van der Waals surface area (Å²) in [5.41, 5.74) is 2.55. The second-order valence-electron chi connectivity index (χ2n) is 4.36. The van der Waals surface area contributed by atoms with Crippen LogP contribution in [-0.2, 0) is 13.0 Å². The van der Waals surface area contributed by atoms with Crippen LogP contribution >= 0.6 is 0 Å². The minimum absolute atomic E-state index is 0.222. The molecule has 0 aliphatic heterocycles. The summed E-state index contributed by atoms with van der Waals surface area (Å²) in [6, 6.07) is 2.02. The van der Waals surface area contributed by atoms with Gasteiger partial charge in [0.05, 0.1) is 6.33 Å². The van der Waals surface area contributed by atoms with Crippen LogP contribution in [0.15, 0.2) is 24.8 Å². The molecule has 0 bridgehead atoms. The number of hydrogen-bond donors (Lipinski definition) is 3. The normalized spacial score (nSPS) is 12.2. The zero-order chi connectivity index (χ0) is 13.7. The van der Waals surface area contributed by atoms with Gasteiger partial charge < -0.3 is 15.3 Å². The number of nitrogen functional groups attached to an aromatic ring is 1. The lowest BCUT2D eigenvalue weighted by molar-refractivity contribution is 0.616. The highest BCUT2D eigenvalue weighted by atomic mass is 15.3. The van der Waals surface area contributed by atoms with Gasteiger partial charge in [0.1, 0.15) is 17.5 Å². The van der Waals surface area contributed by atoms with Crippen LogP contribution in [0.25, 0.3) is 0 Å². The van der Waals surface area contributed by atoms with Gasteiger partial charge in [-0.15, -0.1) is 0 Å². The zero-order valence-electron chi connectivity index (χ0n) is 11.2. The van der Waals surface area contributed by atoms with Crippen molar-refractivity contribution in [1.29, 1.82) is 0 Å². The van der Waals surface area contributed by atoms with Gasteiger partial charge in [0.15, 0.2) is 0 Å². The number of nitrogens with zero attached hydrogens (tertiary/aromatic N) is 4. The fourth-order valence-electron chi connectivity index (χ4n) is 1.81. The Morgan fingerprint density at radius 3 is 2.79 bits per heavy atom. The smallest absolute Gasteiger partial charge is 0.145 e. The van der Waals surface area contributed by atoms with E-state index in [0.717, 1.165) is 24.6 Å². The third kappa shape index (κ3) is 3.65. The molecular weight excluding hydrogens is 242 g/mol. The van der Waals surface area contributed by atoms with Crippen LogP contribution in [0.2, 0.25) is 0 Å². The molecule has 0 amide bonds. The summed E-state index contributed by atoms with van der Waals surface area (Å²) in [6.45, 7) is 4.91. The molecule has 0 radical (unpaired) electrons. The van der Waals surface area contributed by atoms with Gasteiger partial charge in [-0.1, -0.05) is 6.92 Å². The summed E-state index contributed by atoms with van der Waals surface area (Å²) in [7, 11) is 0. The Kier molecular flexibility index (Phi) is 4.30. The number of anilines is 2. The van der Waals surface area contributed by atoms with Crippen molar-refractivity contribution in [2.45, 2.75) is 32.9 Å². The average Bonchev–Trinajstić information content (AvgIpc) is 2.90. The van der Waals surface area contributed by atoms with Crippen molar-refractivity contribution in [3.63, 3.8) is 0 Å². The van der Waals surface area contributed by atoms with Crippen LogP contribution in [0.1, 0.15) is 19.7 Å². The molecule has 0 aliphatic rings. The van der Waals surface area contributed by atoms with E-state index >= 15 is 0 Å². The molecule has 7 nitrogen and oxygen atoms in total. The van der Waals surface area contributed by atoms with E-state index in [1.807, 2.05) is 17.7 Å². The molecule has 2 rings (SSSR count). The number of rotatable bonds is 6. The van der Waals surface area contributed by atoms with Gasteiger partial charge in [-0.2, -0.15) is 0 Å². The third-order valence-electron chi connectivity index (χ3n) is 2.67. The van der Waals surface area contributed by atoms with Crippen molar-refractivity contribution < 1.29 is 0 Å². The van der Waals surface area contributed by atoms with Crippen LogP contribution in [-0.4, -0.2) is 25.6 Å². The van der Waals surface area contributed by atoms with Gasteiger partial charge in [0.25, 0.3) is 0 Å². The van der Waals surface area contributed by atoms with Crippen LogP contribution in [0.5, 0.6) is 0 Å². The van der Waals surface area contributed by atoms with E-state index in [4.69, 9.17) is 5.84 Å². The summed E-state index contributed by atoms with van der Waals surface area (Å²) < 4.78 is 2.02. The maximum Gasteiger partial charge on any atom is 0.145 e. The molecule has 1 atom stereocenters. The maximum atomic E-state index is 5.40. The van der Waals surface area contributed by atoms with Gasteiger partial charge in [0, 0.05) is 37.5 Å². The Balaban J connectivity index is 2.05. The summed E-state index contributed by atoms with van der Waals surface area (Å²) in [5, 5.41) is 3.33. The number of hydrazine groups is 1. The Bertz CT molecular complexity index is 487. The van der Waals surface area contributed by atoms with Crippen LogP contribution in [0.4, 0.5) is 11.6 Å². The number of aromatic nitrogens is 4. The molecule has 7 heteroatoms. The molecule has 0 aromatic carbocycles. The molecule has 2 heterocycles. The van der Waals surface area contributed by atoms with Crippen molar-refractivity contribution in [3.05, 3.63) is 30.6 Å². The predicted molar refractivity (Wildman–Crippen MR) is 74.5 cm³/mol. The zero-order valence-corrected chi connectivity index (χ0v) is 11.2. The van der Waals surface area contributed by atoms with E-state index in [2.05, 4.69) is 32.6 Å². The fourth-order valence-corrected chi connectivity index (χ4v) is 1.81. The molecular formula is C12H19N7. The van der Waals surface area contributed by atoms with Gasteiger partial charge in [-0.25, -0.2) is 20.8 Å². The molecule has 0 aliphatic carbocycles. The van der Waals surface area contributed by atoms with E-state index in [1.54, 1.807) is 18.6 Å². The van der Waals surface area contributed by atoms with E-state index in [1.165, 1.54) is 0 Å². The molecule has 0 saturated heterocycles. The SMILES string of the molecule is CCc1nc(NN)cc(NC(C)Cn2ccnc2)n1. The fraction of sp³-hybridized carbons (Fsp3) is 0.417. The lowest BCUT2D eigenvalue weighted by Crippen LogP contribution is -2.22. The lowest BCUT2D eigenvalue weighted by atomic mass is 10.3.